The summed E-state index contributed by atoms with van der Waals surface area (Å²) in [5.41, 5.74) is 1.49. The molecule has 1 aliphatic rings. The van der Waals surface area contributed by atoms with Crippen LogP contribution in [0.3, 0.4) is 0 Å². The van der Waals surface area contributed by atoms with Gasteiger partial charge in [-0.25, -0.2) is 0 Å². The highest BCUT2D eigenvalue weighted by atomic mass is 16.4. The number of furan rings is 1. The Labute approximate surface area is 134 Å². The van der Waals surface area contributed by atoms with Gasteiger partial charge in [-0.15, -0.1) is 0 Å². The second-order valence-electron chi connectivity index (χ2n) is 5.78. The molecule has 0 spiro atoms. The van der Waals surface area contributed by atoms with Gasteiger partial charge in [0.15, 0.2) is 0 Å². The molecule has 3 rings (SSSR count). The lowest BCUT2D eigenvalue weighted by molar-refractivity contribution is -0.141. The standard InChI is InChI=1S/C18H19NO4/c1-2-16-13(8-9-23-16)17(20)19-10-14(15(11-19)18(21)22)12-6-4-3-5-7-12/h3-9,14-15H,2,10-11H2,1H3,(H,21,22). The Morgan fingerprint density at radius 3 is 2.61 bits per heavy atom. The molecule has 1 N–H and O–H groups in total. The summed E-state index contributed by atoms with van der Waals surface area (Å²) >= 11 is 0. The van der Waals surface area contributed by atoms with E-state index >= 15 is 0 Å². The van der Waals surface area contributed by atoms with Crippen LogP contribution in [0.1, 0.15) is 34.5 Å². The fourth-order valence-electron chi connectivity index (χ4n) is 3.23. The van der Waals surface area contributed by atoms with Gasteiger partial charge in [-0.1, -0.05) is 37.3 Å². The normalized spacial score (nSPS) is 20.7. The van der Waals surface area contributed by atoms with Crippen LogP contribution in [0, 0.1) is 5.92 Å². The number of benzene rings is 1. The molecule has 0 radical (unpaired) electrons. The number of carboxylic acid groups (broad SMARTS) is 1. The number of rotatable bonds is 4. The minimum Gasteiger partial charge on any atom is -0.481 e. The van der Waals surface area contributed by atoms with E-state index in [9.17, 15) is 14.7 Å². The molecule has 0 bridgehead atoms. The van der Waals surface area contributed by atoms with Gasteiger partial charge in [0.05, 0.1) is 17.7 Å². The SMILES string of the molecule is CCc1occc1C(=O)N1CC(C(=O)O)C(c2ccccc2)C1. The Morgan fingerprint density at radius 2 is 1.96 bits per heavy atom. The molecule has 1 aliphatic heterocycles. The summed E-state index contributed by atoms with van der Waals surface area (Å²) in [5, 5.41) is 9.52. The molecule has 2 heterocycles. The molecule has 0 aliphatic carbocycles. The molecule has 1 amide bonds. The van der Waals surface area contributed by atoms with E-state index in [0.717, 1.165) is 5.56 Å². The van der Waals surface area contributed by atoms with Crippen LogP contribution in [0.2, 0.25) is 0 Å². The van der Waals surface area contributed by atoms with Crippen molar-refractivity contribution in [2.75, 3.05) is 13.1 Å². The number of aryl methyl sites for hydroxylation is 1. The fourth-order valence-corrected chi connectivity index (χ4v) is 3.23. The zero-order valence-electron chi connectivity index (χ0n) is 12.9. The van der Waals surface area contributed by atoms with Gasteiger partial charge in [0, 0.05) is 25.4 Å². The van der Waals surface area contributed by atoms with Gasteiger partial charge in [0.1, 0.15) is 5.76 Å². The monoisotopic (exact) mass is 313 g/mol. The molecule has 1 fully saturated rings. The number of carbonyl (C=O) groups excluding carboxylic acids is 1. The maximum Gasteiger partial charge on any atom is 0.308 e. The first-order valence-corrected chi connectivity index (χ1v) is 7.75. The van der Waals surface area contributed by atoms with Crippen molar-refractivity contribution in [3.8, 4) is 0 Å². The van der Waals surface area contributed by atoms with Crippen LogP contribution in [0.15, 0.2) is 47.1 Å². The predicted molar refractivity (Wildman–Crippen MR) is 84.3 cm³/mol. The summed E-state index contributed by atoms with van der Waals surface area (Å²) in [6, 6.07) is 11.2. The zero-order valence-corrected chi connectivity index (χ0v) is 12.9. The molecular formula is C18H19NO4. The van der Waals surface area contributed by atoms with Gasteiger partial charge in [0.2, 0.25) is 0 Å². The highest BCUT2D eigenvalue weighted by Crippen LogP contribution is 2.34. The van der Waals surface area contributed by atoms with Gasteiger partial charge >= 0.3 is 5.97 Å². The molecule has 2 atom stereocenters. The number of hydrogen-bond acceptors (Lipinski definition) is 3. The van der Waals surface area contributed by atoms with Crippen molar-refractivity contribution in [3.05, 3.63) is 59.5 Å². The predicted octanol–water partition coefficient (Wildman–Crippen LogP) is 2.78. The fraction of sp³-hybridized carbons (Fsp3) is 0.333. The summed E-state index contributed by atoms with van der Waals surface area (Å²) in [5.74, 6) is -1.14. The largest absolute Gasteiger partial charge is 0.481 e. The van der Waals surface area contributed by atoms with Gasteiger partial charge < -0.3 is 14.4 Å². The van der Waals surface area contributed by atoms with Gasteiger partial charge in [-0.05, 0) is 11.6 Å². The third kappa shape index (κ3) is 2.86. The lowest BCUT2D eigenvalue weighted by Crippen LogP contribution is -2.30. The smallest absolute Gasteiger partial charge is 0.308 e. The van der Waals surface area contributed by atoms with E-state index in [-0.39, 0.29) is 18.4 Å². The molecule has 5 heteroatoms. The first-order chi connectivity index (χ1) is 11.1. The molecule has 5 nitrogen and oxygen atoms in total. The lowest BCUT2D eigenvalue weighted by atomic mass is 9.89. The Morgan fingerprint density at radius 1 is 1.22 bits per heavy atom. The Kier molecular flexibility index (Phi) is 4.19. The molecule has 120 valence electrons. The average molecular weight is 313 g/mol. The van der Waals surface area contributed by atoms with Crippen molar-refractivity contribution in [2.45, 2.75) is 19.3 Å². The molecule has 2 unspecified atom stereocenters. The topological polar surface area (TPSA) is 70.8 Å². The first kappa shape index (κ1) is 15.3. The molecule has 1 saturated heterocycles. The number of amides is 1. The number of aliphatic carboxylic acids is 1. The number of hydrogen-bond donors (Lipinski definition) is 1. The van der Waals surface area contributed by atoms with E-state index in [1.165, 1.54) is 6.26 Å². The summed E-state index contributed by atoms with van der Waals surface area (Å²) in [7, 11) is 0. The van der Waals surface area contributed by atoms with Crippen molar-refractivity contribution in [1.29, 1.82) is 0 Å². The number of likely N-dealkylation sites (tertiary alicyclic amines) is 1. The number of carboxylic acids is 1. The van der Waals surface area contributed by atoms with Gasteiger partial charge in [-0.3, -0.25) is 9.59 Å². The number of carbonyl (C=O) groups is 2. The van der Waals surface area contributed by atoms with E-state index < -0.39 is 11.9 Å². The Bertz CT molecular complexity index is 707. The highest BCUT2D eigenvalue weighted by molar-refractivity contribution is 5.96. The van der Waals surface area contributed by atoms with Crippen LogP contribution < -0.4 is 0 Å². The maximum atomic E-state index is 12.7. The second-order valence-corrected chi connectivity index (χ2v) is 5.78. The maximum absolute atomic E-state index is 12.7. The van der Waals surface area contributed by atoms with Crippen LogP contribution in [0.25, 0.3) is 0 Å². The Balaban J connectivity index is 1.86. The van der Waals surface area contributed by atoms with Gasteiger partial charge in [0.25, 0.3) is 5.91 Å². The van der Waals surface area contributed by atoms with Crippen LogP contribution in [-0.4, -0.2) is 35.0 Å². The van der Waals surface area contributed by atoms with Crippen molar-refractivity contribution in [3.63, 3.8) is 0 Å². The minimum atomic E-state index is -0.864. The van der Waals surface area contributed by atoms with E-state index in [4.69, 9.17) is 4.42 Å². The summed E-state index contributed by atoms with van der Waals surface area (Å²) in [6.45, 7) is 2.56. The zero-order chi connectivity index (χ0) is 16.4. The van der Waals surface area contributed by atoms with Crippen LogP contribution in [0.4, 0.5) is 0 Å². The third-order valence-electron chi connectivity index (χ3n) is 4.45. The average Bonchev–Trinajstić information content (AvgIpc) is 3.22. The van der Waals surface area contributed by atoms with Crippen LogP contribution >= 0.6 is 0 Å². The van der Waals surface area contributed by atoms with Crippen molar-refractivity contribution in [1.82, 2.24) is 4.90 Å². The molecule has 1 aromatic heterocycles. The molecular weight excluding hydrogens is 294 g/mol. The van der Waals surface area contributed by atoms with E-state index in [1.54, 1.807) is 11.0 Å². The van der Waals surface area contributed by atoms with Crippen LogP contribution in [-0.2, 0) is 11.2 Å². The molecule has 23 heavy (non-hydrogen) atoms. The van der Waals surface area contributed by atoms with E-state index in [1.807, 2.05) is 37.3 Å². The van der Waals surface area contributed by atoms with Crippen molar-refractivity contribution in [2.24, 2.45) is 5.92 Å². The first-order valence-electron chi connectivity index (χ1n) is 7.75. The summed E-state index contributed by atoms with van der Waals surface area (Å²) in [6.07, 6.45) is 2.14. The minimum absolute atomic E-state index is 0.153. The third-order valence-corrected chi connectivity index (χ3v) is 4.45. The quantitative estimate of drug-likeness (QED) is 0.942. The van der Waals surface area contributed by atoms with Gasteiger partial charge in [-0.2, -0.15) is 0 Å². The summed E-state index contributed by atoms with van der Waals surface area (Å²) < 4.78 is 5.32. The molecule has 1 aromatic carbocycles. The van der Waals surface area contributed by atoms with Crippen molar-refractivity contribution >= 4 is 11.9 Å². The lowest BCUT2D eigenvalue weighted by Gasteiger charge is -2.16. The van der Waals surface area contributed by atoms with E-state index in [2.05, 4.69) is 0 Å². The van der Waals surface area contributed by atoms with E-state index in [0.29, 0.717) is 24.3 Å². The number of nitrogens with zero attached hydrogens (tertiary/aromatic N) is 1. The summed E-state index contributed by atoms with van der Waals surface area (Å²) in [4.78, 5) is 25.9. The second kappa shape index (κ2) is 6.28. The van der Waals surface area contributed by atoms with Crippen molar-refractivity contribution < 1.29 is 19.1 Å². The molecule has 2 aromatic rings. The molecule has 0 saturated carbocycles. The highest BCUT2D eigenvalue weighted by Gasteiger charge is 2.41. The Hall–Kier alpha value is -2.56. The van der Waals surface area contributed by atoms with Crippen LogP contribution in [0.5, 0.6) is 0 Å².